The fourth-order valence-corrected chi connectivity index (χ4v) is 4.31. The van der Waals surface area contributed by atoms with Gasteiger partial charge in [0.1, 0.15) is 21.3 Å². The molecule has 0 saturated heterocycles. The van der Waals surface area contributed by atoms with Crippen LogP contribution >= 0.6 is 11.3 Å². The summed E-state index contributed by atoms with van der Waals surface area (Å²) in [5.41, 5.74) is 1.77. The topological polar surface area (TPSA) is 81.4 Å². The SMILES string of the molecule is Cc1c(C(=O)O)sc2nc3n(c(=O)c12)CCC3=Cc1ccc(OC(F)F)cc1. The highest BCUT2D eigenvalue weighted by atomic mass is 32.1. The van der Waals surface area contributed by atoms with E-state index in [9.17, 15) is 23.5 Å². The van der Waals surface area contributed by atoms with E-state index in [-0.39, 0.29) is 16.2 Å². The number of fused-ring (bicyclic) bond motifs is 2. The predicted molar refractivity (Wildman–Crippen MR) is 101 cm³/mol. The second kappa shape index (κ2) is 6.83. The van der Waals surface area contributed by atoms with Gasteiger partial charge in [-0.05, 0) is 48.3 Å². The van der Waals surface area contributed by atoms with Gasteiger partial charge in [0.25, 0.3) is 5.56 Å². The largest absolute Gasteiger partial charge is 0.477 e. The first-order chi connectivity index (χ1) is 13.3. The summed E-state index contributed by atoms with van der Waals surface area (Å²) >= 11 is 0.989. The summed E-state index contributed by atoms with van der Waals surface area (Å²) < 4.78 is 30.4. The Morgan fingerprint density at radius 3 is 2.71 bits per heavy atom. The average Bonchev–Trinajstić information content (AvgIpc) is 3.18. The second-order valence-electron chi connectivity index (χ2n) is 6.30. The van der Waals surface area contributed by atoms with Crippen LogP contribution in [-0.2, 0) is 6.54 Å². The van der Waals surface area contributed by atoms with Gasteiger partial charge >= 0.3 is 12.6 Å². The number of hydrogen-bond acceptors (Lipinski definition) is 5. The van der Waals surface area contributed by atoms with Crippen LogP contribution in [0.2, 0.25) is 0 Å². The molecule has 1 N–H and O–H groups in total. The molecular formula is C19H14F2N2O4S. The maximum atomic E-state index is 12.8. The zero-order valence-electron chi connectivity index (χ0n) is 14.6. The third kappa shape index (κ3) is 3.07. The van der Waals surface area contributed by atoms with Crippen molar-refractivity contribution in [2.75, 3.05) is 0 Å². The van der Waals surface area contributed by atoms with Crippen molar-refractivity contribution in [3.63, 3.8) is 0 Å². The molecule has 0 aliphatic carbocycles. The summed E-state index contributed by atoms with van der Waals surface area (Å²) in [7, 11) is 0. The number of carbonyl (C=O) groups is 1. The van der Waals surface area contributed by atoms with E-state index >= 15 is 0 Å². The average molecular weight is 404 g/mol. The number of aromatic nitrogens is 2. The van der Waals surface area contributed by atoms with Gasteiger partial charge in [-0.2, -0.15) is 8.78 Å². The summed E-state index contributed by atoms with van der Waals surface area (Å²) in [4.78, 5) is 29.3. The van der Waals surface area contributed by atoms with E-state index in [0.717, 1.165) is 22.5 Å². The van der Waals surface area contributed by atoms with E-state index in [2.05, 4.69) is 9.72 Å². The van der Waals surface area contributed by atoms with Crippen molar-refractivity contribution < 1.29 is 23.4 Å². The quantitative estimate of drug-likeness (QED) is 0.711. The molecule has 3 heterocycles. The van der Waals surface area contributed by atoms with Crippen LogP contribution in [0.5, 0.6) is 5.75 Å². The van der Waals surface area contributed by atoms with E-state index in [1.54, 1.807) is 23.6 Å². The van der Waals surface area contributed by atoms with Gasteiger partial charge in [0, 0.05) is 6.54 Å². The number of carboxylic acids is 1. The molecule has 6 nitrogen and oxygen atoms in total. The van der Waals surface area contributed by atoms with Crippen molar-refractivity contribution in [2.24, 2.45) is 0 Å². The second-order valence-corrected chi connectivity index (χ2v) is 7.30. The summed E-state index contributed by atoms with van der Waals surface area (Å²) in [5.74, 6) is -0.509. The van der Waals surface area contributed by atoms with Crippen LogP contribution in [0.15, 0.2) is 29.1 Å². The molecule has 2 aromatic heterocycles. The van der Waals surface area contributed by atoms with Crippen LogP contribution < -0.4 is 10.3 Å². The Hall–Kier alpha value is -3.07. The Balaban J connectivity index is 1.76. The number of allylic oxidation sites excluding steroid dienone is 1. The summed E-state index contributed by atoms with van der Waals surface area (Å²) in [6, 6.07) is 6.17. The lowest BCUT2D eigenvalue weighted by molar-refractivity contribution is -0.0498. The number of thiophene rings is 1. The molecule has 1 aliphatic rings. The van der Waals surface area contributed by atoms with Gasteiger partial charge in [0.15, 0.2) is 0 Å². The Morgan fingerprint density at radius 1 is 1.36 bits per heavy atom. The molecule has 0 spiro atoms. The van der Waals surface area contributed by atoms with Crippen LogP contribution in [0.4, 0.5) is 8.78 Å². The third-order valence-corrected chi connectivity index (χ3v) is 5.76. The molecule has 9 heteroatoms. The first-order valence-corrected chi connectivity index (χ1v) is 9.20. The molecule has 1 aliphatic heterocycles. The number of aryl methyl sites for hydroxylation is 1. The molecule has 3 aromatic rings. The molecule has 0 unspecified atom stereocenters. The third-order valence-electron chi connectivity index (χ3n) is 4.58. The maximum absolute atomic E-state index is 12.8. The standard InChI is InChI=1S/C19H14F2N2O4S/c1-9-13-16(28-14(9)18(25)26)22-15-11(6-7-23(15)17(13)24)8-10-2-4-12(5-3-10)27-19(20)21/h2-5,8,19H,6-7H2,1H3,(H,25,26). The summed E-state index contributed by atoms with van der Waals surface area (Å²) in [6.07, 6.45) is 2.43. The van der Waals surface area contributed by atoms with Gasteiger partial charge in [-0.15, -0.1) is 11.3 Å². The molecule has 28 heavy (non-hydrogen) atoms. The molecule has 0 amide bonds. The number of hydrogen-bond donors (Lipinski definition) is 1. The minimum absolute atomic E-state index is 0.0651. The Bertz CT molecular complexity index is 1180. The number of benzene rings is 1. The summed E-state index contributed by atoms with van der Waals surface area (Å²) in [5, 5.41) is 9.64. The lowest BCUT2D eigenvalue weighted by Gasteiger charge is -2.05. The van der Waals surface area contributed by atoms with Crippen LogP contribution in [0.3, 0.4) is 0 Å². The van der Waals surface area contributed by atoms with Crippen LogP contribution in [-0.4, -0.2) is 27.2 Å². The minimum Gasteiger partial charge on any atom is -0.477 e. The van der Waals surface area contributed by atoms with Crippen molar-refractivity contribution >= 4 is 39.2 Å². The van der Waals surface area contributed by atoms with Gasteiger partial charge in [-0.1, -0.05) is 12.1 Å². The molecule has 0 fully saturated rings. The van der Waals surface area contributed by atoms with Crippen LogP contribution in [0.25, 0.3) is 21.9 Å². The molecule has 0 saturated carbocycles. The fraction of sp³-hybridized carbons (Fsp3) is 0.211. The highest BCUT2D eigenvalue weighted by Gasteiger charge is 2.25. The monoisotopic (exact) mass is 404 g/mol. The Morgan fingerprint density at radius 2 is 2.07 bits per heavy atom. The first-order valence-electron chi connectivity index (χ1n) is 8.38. The lowest BCUT2D eigenvalue weighted by atomic mass is 10.1. The lowest BCUT2D eigenvalue weighted by Crippen LogP contribution is -2.20. The van der Waals surface area contributed by atoms with E-state index in [1.165, 1.54) is 12.1 Å². The number of alkyl halides is 2. The van der Waals surface area contributed by atoms with Crippen LogP contribution in [0.1, 0.15) is 33.0 Å². The number of halogens is 2. The number of nitrogens with zero attached hydrogens (tertiary/aromatic N) is 2. The highest BCUT2D eigenvalue weighted by Crippen LogP contribution is 2.32. The van der Waals surface area contributed by atoms with Gasteiger partial charge in [0.2, 0.25) is 0 Å². The van der Waals surface area contributed by atoms with E-state index in [4.69, 9.17) is 0 Å². The molecule has 0 radical (unpaired) electrons. The molecule has 0 atom stereocenters. The number of aromatic carboxylic acids is 1. The fourth-order valence-electron chi connectivity index (χ4n) is 3.30. The van der Waals surface area contributed by atoms with Gasteiger partial charge < -0.3 is 9.84 Å². The predicted octanol–water partition coefficient (Wildman–Crippen LogP) is 4.01. The van der Waals surface area contributed by atoms with E-state index in [1.807, 2.05) is 6.08 Å². The minimum atomic E-state index is -2.88. The van der Waals surface area contributed by atoms with E-state index < -0.39 is 12.6 Å². The van der Waals surface area contributed by atoms with Crippen molar-refractivity contribution in [3.05, 3.63) is 56.4 Å². The molecular weight excluding hydrogens is 390 g/mol. The highest BCUT2D eigenvalue weighted by molar-refractivity contribution is 7.20. The molecule has 4 rings (SSSR count). The van der Waals surface area contributed by atoms with Gasteiger partial charge in [-0.25, -0.2) is 9.78 Å². The van der Waals surface area contributed by atoms with Crippen molar-refractivity contribution in [3.8, 4) is 5.75 Å². The molecule has 1 aromatic carbocycles. The first kappa shape index (κ1) is 18.3. The number of ether oxygens (including phenoxy) is 1. The Kier molecular flexibility index (Phi) is 4.46. The molecule has 144 valence electrons. The van der Waals surface area contributed by atoms with Gasteiger partial charge in [0.05, 0.1) is 5.39 Å². The van der Waals surface area contributed by atoms with Crippen molar-refractivity contribution in [1.29, 1.82) is 0 Å². The number of rotatable bonds is 4. The zero-order valence-corrected chi connectivity index (χ0v) is 15.4. The van der Waals surface area contributed by atoms with Crippen molar-refractivity contribution in [1.82, 2.24) is 9.55 Å². The van der Waals surface area contributed by atoms with Crippen molar-refractivity contribution in [2.45, 2.75) is 26.5 Å². The summed E-state index contributed by atoms with van der Waals surface area (Å²) in [6.45, 7) is -0.811. The Labute approximate surface area is 161 Å². The molecule has 0 bridgehead atoms. The maximum Gasteiger partial charge on any atom is 0.387 e. The van der Waals surface area contributed by atoms with Crippen LogP contribution in [0, 0.1) is 6.92 Å². The number of carboxylic acid groups (broad SMARTS) is 1. The van der Waals surface area contributed by atoms with Gasteiger partial charge in [-0.3, -0.25) is 9.36 Å². The normalized spacial score (nSPS) is 14.8. The zero-order chi connectivity index (χ0) is 20.0. The smallest absolute Gasteiger partial charge is 0.387 e. The van der Waals surface area contributed by atoms with E-state index in [0.29, 0.717) is 34.6 Å².